The Kier molecular flexibility index (Phi) is 7.71. The van der Waals surface area contributed by atoms with Gasteiger partial charge in [-0.2, -0.15) is 0 Å². The summed E-state index contributed by atoms with van der Waals surface area (Å²) in [6.45, 7) is 0.395. The molecule has 0 aromatic heterocycles. The fraction of sp³-hybridized carbons (Fsp3) is 0.150. The molecule has 27 heavy (non-hydrogen) atoms. The number of rotatable bonds is 7. The van der Waals surface area contributed by atoms with Crippen molar-refractivity contribution in [1.82, 2.24) is 16.2 Å². The Morgan fingerprint density at radius 1 is 0.852 bits per heavy atom. The second-order valence-corrected chi connectivity index (χ2v) is 5.68. The van der Waals surface area contributed by atoms with Crippen LogP contribution in [0.2, 0.25) is 0 Å². The zero-order valence-electron chi connectivity index (χ0n) is 14.6. The quantitative estimate of drug-likeness (QED) is 0.516. The third kappa shape index (κ3) is 7.96. The number of nitrogens with one attached hydrogen (secondary N) is 3. The Morgan fingerprint density at radius 2 is 1.52 bits per heavy atom. The van der Waals surface area contributed by atoms with Crippen LogP contribution in [0, 0.1) is 5.82 Å². The van der Waals surface area contributed by atoms with Gasteiger partial charge in [0.2, 0.25) is 11.8 Å². The minimum Gasteiger partial charge on any atom is -0.352 e. The van der Waals surface area contributed by atoms with Crippen LogP contribution >= 0.6 is 0 Å². The molecule has 0 unspecified atom stereocenters. The third-order valence-electron chi connectivity index (χ3n) is 3.53. The van der Waals surface area contributed by atoms with E-state index in [-0.39, 0.29) is 24.6 Å². The summed E-state index contributed by atoms with van der Waals surface area (Å²) >= 11 is 0. The number of hydrogen-bond acceptors (Lipinski definition) is 3. The lowest BCUT2D eigenvalue weighted by Gasteiger charge is -2.06. The first kappa shape index (κ1) is 19.8. The van der Waals surface area contributed by atoms with Gasteiger partial charge in [0.15, 0.2) is 0 Å². The highest BCUT2D eigenvalue weighted by atomic mass is 19.1. The molecule has 2 aromatic carbocycles. The van der Waals surface area contributed by atoms with Gasteiger partial charge in [-0.1, -0.05) is 42.5 Å². The van der Waals surface area contributed by atoms with Crippen molar-refractivity contribution in [3.05, 3.63) is 77.6 Å². The van der Waals surface area contributed by atoms with E-state index in [1.165, 1.54) is 36.4 Å². The third-order valence-corrected chi connectivity index (χ3v) is 3.53. The Bertz CT molecular complexity index is 805. The molecule has 3 N–H and O–H groups in total. The van der Waals surface area contributed by atoms with E-state index in [9.17, 15) is 18.8 Å². The van der Waals surface area contributed by atoms with Crippen LogP contribution in [0.4, 0.5) is 4.39 Å². The molecule has 0 aliphatic rings. The highest BCUT2D eigenvalue weighted by Crippen LogP contribution is 2.04. The summed E-state index contributed by atoms with van der Waals surface area (Å²) in [5.41, 5.74) is 6.06. The number of hydrogen-bond donors (Lipinski definition) is 3. The van der Waals surface area contributed by atoms with E-state index in [4.69, 9.17) is 0 Å². The van der Waals surface area contributed by atoms with Gasteiger partial charge in [0.05, 0.1) is 0 Å². The van der Waals surface area contributed by atoms with E-state index in [1.54, 1.807) is 0 Å². The van der Waals surface area contributed by atoms with Crippen LogP contribution in [0.5, 0.6) is 0 Å². The number of carbonyl (C=O) groups excluding carboxylic acids is 3. The Morgan fingerprint density at radius 3 is 2.22 bits per heavy atom. The molecule has 2 rings (SSSR count). The van der Waals surface area contributed by atoms with E-state index in [2.05, 4.69) is 16.2 Å². The maximum absolute atomic E-state index is 12.8. The molecule has 0 aliphatic heterocycles. The first-order valence-corrected chi connectivity index (χ1v) is 8.36. The first-order chi connectivity index (χ1) is 13.0. The highest BCUT2D eigenvalue weighted by Gasteiger charge is 2.07. The second kappa shape index (κ2) is 10.5. The average Bonchev–Trinajstić information content (AvgIpc) is 2.69. The van der Waals surface area contributed by atoms with E-state index in [0.717, 1.165) is 5.56 Å². The molecule has 0 heterocycles. The number of amides is 3. The van der Waals surface area contributed by atoms with Gasteiger partial charge in [-0.3, -0.25) is 25.2 Å². The summed E-state index contributed by atoms with van der Waals surface area (Å²) in [7, 11) is 0. The van der Waals surface area contributed by atoms with Crippen molar-refractivity contribution in [2.24, 2.45) is 0 Å². The molecular weight excluding hydrogens is 349 g/mol. The molecule has 0 radical (unpaired) electrons. The van der Waals surface area contributed by atoms with E-state index in [1.807, 2.05) is 30.3 Å². The molecule has 0 fully saturated rings. The van der Waals surface area contributed by atoms with Crippen molar-refractivity contribution in [2.45, 2.75) is 19.4 Å². The predicted octanol–water partition coefficient (Wildman–Crippen LogP) is 2.08. The Hall–Kier alpha value is -3.48. The maximum atomic E-state index is 12.8. The molecule has 0 saturated heterocycles. The summed E-state index contributed by atoms with van der Waals surface area (Å²) in [5, 5.41) is 2.72. The van der Waals surface area contributed by atoms with Gasteiger partial charge in [0.1, 0.15) is 5.82 Å². The fourth-order valence-corrected chi connectivity index (χ4v) is 2.09. The average molecular weight is 369 g/mol. The summed E-state index contributed by atoms with van der Waals surface area (Å²) in [6, 6.07) is 15.0. The van der Waals surface area contributed by atoms with Crippen LogP contribution in [0.25, 0.3) is 6.08 Å². The van der Waals surface area contributed by atoms with Crippen molar-refractivity contribution in [3.8, 4) is 0 Å². The van der Waals surface area contributed by atoms with Gasteiger partial charge >= 0.3 is 0 Å². The largest absolute Gasteiger partial charge is 0.352 e. The number of hydrazine groups is 1. The molecule has 2 aromatic rings. The minimum absolute atomic E-state index is 0.0138. The van der Waals surface area contributed by atoms with Gasteiger partial charge < -0.3 is 5.32 Å². The summed E-state index contributed by atoms with van der Waals surface area (Å²) in [5.74, 6) is -1.64. The normalized spacial score (nSPS) is 10.4. The summed E-state index contributed by atoms with van der Waals surface area (Å²) < 4.78 is 12.8. The van der Waals surface area contributed by atoms with Crippen molar-refractivity contribution < 1.29 is 18.8 Å². The van der Waals surface area contributed by atoms with Crippen molar-refractivity contribution in [3.63, 3.8) is 0 Å². The highest BCUT2D eigenvalue weighted by molar-refractivity contribution is 5.93. The topological polar surface area (TPSA) is 87.3 Å². The SMILES string of the molecule is O=C(/C=C/c1ccc(F)cc1)NNC(=O)CCC(=O)NCc1ccccc1. The second-order valence-electron chi connectivity index (χ2n) is 5.68. The van der Waals surface area contributed by atoms with Crippen molar-refractivity contribution in [1.29, 1.82) is 0 Å². The minimum atomic E-state index is -0.541. The van der Waals surface area contributed by atoms with Gasteiger partial charge in [0.25, 0.3) is 5.91 Å². The van der Waals surface area contributed by atoms with Crippen molar-refractivity contribution in [2.75, 3.05) is 0 Å². The number of carbonyl (C=O) groups is 3. The lowest BCUT2D eigenvalue weighted by Crippen LogP contribution is -2.41. The number of benzene rings is 2. The zero-order valence-corrected chi connectivity index (χ0v) is 14.6. The molecule has 0 atom stereocenters. The smallest absolute Gasteiger partial charge is 0.262 e. The number of halogens is 1. The van der Waals surface area contributed by atoms with E-state index >= 15 is 0 Å². The van der Waals surface area contributed by atoms with Gasteiger partial charge in [-0.15, -0.1) is 0 Å². The van der Waals surface area contributed by atoms with Crippen molar-refractivity contribution >= 4 is 23.8 Å². The molecule has 7 heteroatoms. The Labute approximate surface area is 156 Å². The van der Waals surface area contributed by atoms with Crippen LogP contribution < -0.4 is 16.2 Å². The lowest BCUT2D eigenvalue weighted by atomic mass is 10.2. The van der Waals surface area contributed by atoms with Crippen LogP contribution in [-0.2, 0) is 20.9 Å². The standard InChI is InChI=1S/C20H20FN3O3/c21-17-9-6-15(7-10-17)8-11-19(26)23-24-20(27)13-12-18(25)22-14-16-4-2-1-3-5-16/h1-11H,12-14H2,(H,22,25)(H,23,26)(H,24,27)/b11-8+. The Balaban J connectivity index is 1.62. The van der Waals surface area contributed by atoms with Crippen LogP contribution in [0.3, 0.4) is 0 Å². The van der Waals surface area contributed by atoms with Gasteiger partial charge in [-0.25, -0.2) is 4.39 Å². The molecule has 0 bridgehead atoms. The molecule has 3 amide bonds. The van der Waals surface area contributed by atoms with Crippen LogP contribution in [-0.4, -0.2) is 17.7 Å². The summed E-state index contributed by atoms with van der Waals surface area (Å²) in [4.78, 5) is 35.0. The van der Waals surface area contributed by atoms with Gasteiger partial charge in [0, 0.05) is 25.5 Å². The monoisotopic (exact) mass is 369 g/mol. The maximum Gasteiger partial charge on any atom is 0.262 e. The molecule has 0 aliphatic carbocycles. The fourth-order valence-electron chi connectivity index (χ4n) is 2.09. The molecule has 6 nitrogen and oxygen atoms in total. The lowest BCUT2D eigenvalue weighted by molar-refractivity contribution is -0.129. The summed E-state index contributed by atoms with van der Waals surface area (Å²) in [6.07, 6.45) is 2.65. The van der Waals surface area contributed by atoms with Crippen LogP contribution in [0.1, 0.15) is 24.0 Å². The zero-order chi connectivity index (χ0) is 19.5. The van der Waals surface area contributed by atoms with E-state index in [0.29, 0.717) is 12.1 Å². The molecule has 0 saturated carbocycles. The van der Waals surface area contributed by atoms with E-state index < -0.39 is 11.8 Å². The predicted molar refractivity (Wildman–Crippen MR) is 99.2 cm³/mol. The molecule has 0 spiro atoms. The molecule has 140 valence electrons. The first-order valence-electron chi connectivity index (χ1n) is 8.36. The molecular formula is C20H20FN3O3. The van der Waals surface area contributed by atoms with Gasteiger partial charge in [-0.05, 0) is 29.3 Å². The van der Waals surface area contributed by atoms with Crippen LogP contribution in [0.15, 0.2) is 60.7 Å².